The molecule has 1 aromatic heterocycles. The fourth-order valence-corrected chi connectivity index (χ4v) is 2.79. The van der Waals surface area contributed by atoms with Crippen LogP contribution in [0.4, 0.5) is 0 Å². The first-order valence-electron chi connectivity index (χ1n) is 6.99. The van der Waals surface area contributed by atoms with Crippen molar-refractivity contribution in [2.75, 3.05) is 39.4 Å². The molecule has 0 bridgehead atoms. The quantitative estimate of drug-likeness (QED) is 0.756. The van der Waals surface area contributed by atoms with E-state index in [1.807, 2.05) is 0 Å². The first kappa shape index (κ1) is 18.8. The van der Waals surface area contributed by atoms with Gasteiger partial charge >= 0.3 is 0 Å². The Bertz CT molecular complexity index is 491. The number of aromatic nitrogens is 1. The maximum atomic E-state index is 11.9. The molecule has 124 valence electrons. The molecule has 9 heteroatoms. The van der Waals surface area contributed by atoms with Crippen molar-refractivity contribution in [2.45, 2.75) is 12.8 Å². The molecule has 1 saturated heterocycles. The van der Waals surface area contributed by atoms with Gasteiger partial charge in [0.1, 0.15) is 5.69 Å². The molecule has 0 unspecified atom stereocenters. The maximum Gasteiger partial charge on any atom is 0.270 e. The molecule has 0 aliphatic carbocycles. The smallest absolute Gasteiger partial charge is 0.270 e. The molecule has 1 aliphatic heterocycles. The average molecular weight is 349 g/mol. The molecule has 0 saturated carbocycles. The van der Waals surface area contributed by atoms with Crippen molar-refractivity contribution in [2.24, 2.45) is 5.73 Å². The van der Waals surface area contributed by atoms with Crippen molar-refractivity contribution in [3.05, 3.63) is 16.1 Å². The van der Waals surface area contributed by atoms with Crippen molar-refractivity contribution in [1.82, 2.24) is 15.2 Å². The van der Waals surface area contributed by atoms with Crippen LogP contribution in [0.1, 0.15) is 21.9 Å². The van der Waals surface area contributed by atoms with E-state index in [1.54, 1.807) is 10.3 Å². The second-order valence-corrected chi connectivity index (χ2v) is 5.61. The van der Waals surface area contributed by atoms with Gasteiger partial charge in [-0.2, -0.15) is 0 Å². The predicted molar refractivity (Wildman–Crippen MR) is 86.5 cm³/mol. The normalized spacial score (nSPS) is 14.3. The molecule has 0 atom stereocenters. The Kier molecular flexibility index (Phi) is 8.32. The number of carbonyl (C=O) groups is 2. The van der Waals surface area contributed by atoms with Crippen molar-refractivity contribution in [1.29, 1.82) is 0 Å². The van der Waals surface area contributed by atoms with Crippen LogP contribution in [0.25, 0.3) is 0 Å². The summed E-state index contributed by atoms with van der Waals surface area (Å²) in [4.78, 5) is 29.7. The minimum atomic E-state index is -0.246. The Labute approximate surface area is 139 Å². The van der Waals surface area contributed by atoms with Gasteiger partial charge in [0.15, 0.2) is 0 Å². The van der Waals surface area contributed by atoms with Gasteiger partial charge in [-0.25, -0.2) is 4.98 Å². The molecule has 0 spiro atoms. The third-order valence-electron chi connectivity index (χ3n) is 3.13. The van der Waals surface area contributed by atoms with E-state index in [4.69, 9.17) is 10.5 Å². The predicted octanol–water partition coefficient (Wildman–Crippen LogP) is 0.0448. The first-order valence-corrected chi connectivity index (χ1v) is 7.87. The van der Waals surface area contributed by atoms with Gasteiger partial charge in [0.2, 0.25) is 5.91 Å². The van der Waals surface area contributed by atoms with Gasteiger partial charge in [0.25, 0.3) is 5.91 Å². The molecular formula is C13H21ClN4O3S. The van der Waals surface area contributed by atoms with Crippen molar-refractivity contribution in [3.63, 3.8) is 0 Å². The summed E-state index contributed by atoms with van der Waals surface area (Å²) in [6, 6.07) is 0. The zero-order valence-corrected chi connectivity index (χ0v) is 13.9. The molecular weight excluding hydrogens is 328 g/mol. The van der Waals surface area contributed by atoms with Gasteiger partial charge in [-0.15, -0.1) is 23.7 Å². The molecule has 2 amide bonds. The highest BCUT2D eigenvalue weighted by Gasteiger charge is 2.17. The van der Waals surface area contributed by atoms with Crippen LogP contribution in [0.2, 0.25) is 0 Å². The lowest BCUT2D eigenvalue weighted by Gasteiger charge is -2.26. The van der Waals surface area contributed by atoms with E-state index in [-0.39, 0.29) is 24.2 Å². The number of thiazole rings is 1. The zero-order valence-electron chi connectivity index (χ0n) is 12.2. The summed E-state index contributed by atoms with van der Waals surface area (Å²) in [7, 11) is 0. The lowest BCUT2D eigenvalue weighted by molar-refractivity contribution is -0.135. The SMILES string of the molecule is Cl.NCCc1nc(C(=O)NCCC(=O)N2CCOCC2)cs1. The topological polar surface area (TPSA) is 97.5 Å². The van der Waals surface area contributed by atoms with Crippen LogP contribution in [0, 0.1) is 0 Å². The van der Waals surface area contributed by atoms with Gasteiger partial charge in [-0.3, -0.25) is 9.59 Å². The second kappa shape index (κ2) is 9.73. The van der Waals surface area contributed by atoms with Crippen LogP contribution < -0.4 is 11.1 Å². The summed E-state index contributed by atoms with van der Waals surface area (Å²) in [5.74, 6) is -0.204. The lowest BCUT2D eigenvalue weighted by atomic mass is 10.3. The van der Waals surface area contributed by atoms with Crippen molar-refractivity contribution < 1.29 is 14.3 Å². The van der Waals surface area contributed by atoms with Crippen LogP contribution in [0.5, 0.6) is 0 Å². The lowest BCUT2D eigenvalue weighted by Crippen LogP contribution is -2.42. The van der Waals surface area contributed by atoms with Crippen LogP contribution >= 0.6 is 23.7 Å². The Morgan fingerprint density at radius 3 is 2.82 bits per heavy atom. The summed E-state index contributed by atoms with van der Waals surface area (Å²) in [5, 5.41) is 5.29. The van der Waals surface area contributed by atoms with Gasteiger partial charge in [0, 0.05) is 37.9 Å². The number of carbonyl (C=O) groups excluding carboxylic acids is 2. The molecule has 3 N–H and O–H groups in total. The Morgan fingerprint density at radius 2 is 2.14 bits per heavy atom. The highest BCUT2D eigenvalue weighted by Crippen LogP contribution is 2.09. The standard InChI is InChI=1S/C13H20N4O3S.ClH/c14-3-1-11-16-10(9-21-11)13(19)15-4-2-12(18)17-5-7-20-8-6-17;/h9H,1-8,14H2,(H,15,19);1H. The molecule has 7 nitrogen and oxygen atoms in total. The van der Waals surface area contributed by atoms with E-state index in [2.05, 4.69) is 10.3 Å². The summed E-state index contributed by atoms with van der Waals surface area (Å²) in [6.45, 7) is 3.26. The van der Waals surface area contributed by atoms with E-state index < -0.39 is 0 Å². The van der Waals surface area contributed by atoms with E-state index >= 15 is 0 Å². The molecule has 0 radical (unpaired) electrons. The molecule has 1 aliphatic rings. The first-order chi connectivity index (χ1) is 10.2. The van der Waals surface area contributed by atoms with Gasteiger partial charge < -0.3 is 20.7 Å². The number of nitrogens with one attached hydrogen (secondary N) is 1. The third kappa shape index (κ3) is 5.53. The summed E-state index contributed by atoms with van der Waals surface area (Å²) >= 11 is 1.42. The van der Waals surface area contributed by atoms with Gasteiger partial charge in [0.05, 0.1) is 18.2 Å². The van der Waals surface area contributed by atoms with Crippen molar-refractivity contribution in [3.8, 4) is 0 Å². The minimum Gasteiger partial charge on any atom is -0.378 e. The largest absolute Gasteiger partial charge is 0.378 e. The van der Waals surface area contributed by atoms with E-state index in [1.165, 1.54) is 11.3 Å². The number of hydrogen-bond acceptors (Lipinski definition) is 6. The number of rotatable bonds is 6. The Hall–Kier alpha value is -1.22. The number of ether oxygens (including phenoxy) is 1. The molecule has 2 rings (SSSR count). The van der Waals surface area contributed by atoms with E-state index in [0.717, 1.165) is 5.01 Å². The van der Waals surface area contributed by atoms with E-state index in [0.29, 0.717) is 57.9 Å². The summed E-state index contributed by atoms with van der Waals surface area (Å²) in [5.41, 5.74) is 5.84. The van der Waals surface area contributed by atoms with Crippen LogP contribution in [0.15, 0.2) is 5.38 Å². The Morgan fingerprint density at radius 1 is 1.41 bits per heavy atom. The molecule has 1 aromatic rings. The molecule has 22 heavy (non-hydrogen) atoms. The third-order valence-corrected chi connectivity index (χ3v) is 4.04. The Balaban J connectivity index is 0.00000242. The molecule has 1 fully saturated rings. The minimum absolute atomic E-state index is 0. The highest BCUT2D eigenvalue weighted by atomic mass is 35.5. The maximum absolute atomic E-state index is 11.9. The van der Waals surface area contributed by atoms with Crippen molar-refractivity contribution >= 4 is 35.6 Å². The number of nitrogens with zero attached hydrogens (tertiary/aromatic N) is 2. The summed E-state index contributed by atoms with van der Waals surface area (Å²) in [6.07, 6.45) is 0.971. The number of morpholine rings is 1. The fourth-order valence-electron chi connectivity index (χ4n) is 2.00. The van der Waals surface area contributed by atoms with E-state index in [9.17, 15) is 9.59 Å². The fraction of sp³-hybridized carbons (Fsp3) is 0.615. The summed E-state index contributed by atoms with van der Waals surface area (Å²) < 4.78 is 5.19. The van der Waals surface area contributed by atoms with Gasteiger partial charge in [-0.05, 0) is 6.54 Å². The van der Waals surface area contributed by atoms with Crippen LogP contribution in [-0.2, 0) is 16.0 Å². The monoisotopic (exact) mass is 348 g/mol. The number of nitrogens with two attached hydrogens (primary N) is 1. The zero-order chi connectivity index (χ0) is 15.1. The highest BCUT2D eigenvalue weighted by molar-refractivity contribution is 7.09. The second-order valence-electron chi connectivity index (χ2n) is 4.66. The number of hydrogen-bond donors (Lipinski definition) is 2. The van der Waals surface area contributed by atoms with Gasteiger partial charge in [-0.1, -0.05) is 0 Å². The average Bonchev–Trinajstić information content (AvgIpc) is 2.97. The van der Waals surface area contributed by atoms with Crippen LogP contribution in [-0.4, -0.2) is 61.1 Å². The number of halogens is 1. The molecule has 0 aromatic carbocycles. The van der Waals surface area contributed by atoms with Crippen LogP contribution in [0.3, 0.4) is 0 Å². The molecule has 2 heterocycles. The number of amides is 2.